The Morgan fingerprint density at radius 1 is 1.55 bits per heavy atom. The van der Waals surface area contributed by atoms with E-state index in [4.69, 9.17) is 17.3 Å². The van der Waals surface area contributed by atoms with Crippen molar-refractivity contribution in [2.75, 3.05) is 5.73 Å². The molecule has 11 heavy (non-hydrogen) atoms. The third kappa shape index (κ3) is 1.63. The van der Waals surface area contributed by atoms with Crippen molar-refractivity contribution in [3.63, 3.8) is 0 Å². The Morgan fingerprint density at radius 2 is 2.18 bits per heavy atom. The third-order valence-electron chi connectivity index (χ3n) is 1.57. The topological polar surface area (TPSA) is 38.9 Å². The van der Waals surface area contributed by atoms with Crippen molar-refractivity contribution in [1.29, 1.82) is 0 Å². The van der Waals surface area contributed by atoms with E-state index < -0.39 is 0 Å². The average Bonchev–Trinajstić information content (AvgIpc) is 1.94. The molecule has 0 amide bonds. The number of aromatic nitrogens is 1. The van der Waals surface area contributed by atoms with Crippen molar-refractivity contribution >= 4 is 17.4 Å². The van der Waals surface area contributed by atoms with E-state index in [-0.39, 0.29) is 0 Å². The zero-order valence-electron chi connectivity index (χ0n) is 6.63. The molecule has 1 heterocycles. The van der Waals surface area contributed by atoms with Gasteiger partial charge >= 0.3 is 0 Å². The number of nitrogens with zero attached hydrogens (tertiary/aromatic N) is 1. The predicted molar refractivity (Wildman–Crippen MR) is 47.7 cm³/mol. The van der Waals surface area contributed by atoms with Gasteiger partial charge in [-0.2, -0.15) is 0 Å². The first-order valence-electron chi connectivity index (χ1n) is 3.52. The molecule has 1 aromatic heterocycles. The van der Waals surface area contributed by atoms with Crippen LogP contribution in [-0.4, -0.2) is 4.98 Å². The van der Waals surface area contributed by atoms with Gasteiger partial charge in [-0.3, -0.25) is 0 Å². The Balaban J connectivity index is 3.17. The monoisotopic (exact) mass is 170 g/mol. The summed E-state index contributed by atoms with van der Waals surface area (Å²) in [5.74, 6) is 0.811. The number of halogens is 1. The number of pyridine rings is 1. The van der Waals surface area contributed by atoms with Crippen LogP contribution in [0, 0.1) is 0 Å². The number of nitrogen functional groups attached to an aromatic ring is 1. The number of hydrogen-bond acceptors (Lipinski definition) is 2. The Labute approximate surface area is 71.4 Å². The van der Waals surface area contributed by atoms with Gasteiger partial charge < -0.3 is 5.73 Å². The fraction of sp³-hybridized carbons (Fsp3) is 0.375. The average molecular weight is 171 g/mol. The molecule has 0 aliphatic rings. The first-order chi connectivity index (χ1) is 5.13. The lowest BCUT2D eigenvalue weighted by molar-refractivity contribution is 0.864. The first kappa shape index (κ1) is 8.34. The molecule has 1 aromatic rings. The van der Waals surface area contributed by atoms with Crippen LogP contribution in [-0.2, 0) is 0 Å². The summed E-state index contributed by atoms with van der Waals surface area (Å²) in [6.45, 7) is 4.14. The molecule has 0 aromatic carbocycles. The molecule has 1 rings (SSSR count). The number of anilines is 1. The summed E-state index contributed by atoms with van der Waals surface area (Å²) in [6.07, 6.45) is 1.68. The van der Waals surface area contributed by atoms with Crippen molar-refractivity contribution in [1.82, 2.24) is 4.98 Å². The summed E-state index contributed by atoms with van der Waals surface area (Å²) in [4.78, 5) is 3.87. The zero-order valence-corrected chi connectivity index (χ0v) is 7.39. The molecule has 0 unspecified atom stereocenters. The van der Waals surface area contributed by atoms with Crippen LogP contribution in [0.2, 0.25) is 5.02 Å². The minimum atomic E-state index is 0.396. The van der Waals surface area contributed by atoms with Gasteiger partial charge in [-0.1, -0.05) is 25.4 Å². The molecule has 60 valence electrons. The standard InChI is InChI=1S/C8H11ClN2/c1-5(2)6-3-4-11-8(10)7(6)9/h3-5H,1-2H3,(H2,10,11). The van der Waals surface area contributed by atoms with Crippen LogP contribution in [0.15, 0.2) is 12.3 Å². The molecule has 0 atom stereocenters. The molecular formula is C8H11ClN2. The lowest BCUT2D eigenvalue weighted by Crippen LogP contribution is -1.96. The molecule has 0 saturated carbocycles. The van der Waals surface area contributed by atoms with Crippen LogP contribution in [0.5, 0.6) is 0 Å². The van der Waals surface area contributed by atoms with Gasteiger partial charge in [0.2, 0.25) is 0 Å². The minimum absolute atomic E-state index is 0.396. The first-order valence-corrected chi connectivity index (χ1v) is 3.90. The number of hydrogen-bond donors (Lipinski definition) is 1. The molecule has 0 radical (unpaired) electrons. The predicted octanol–water partition coefficient (Wildman–Crippen LogP) is 2.44. The van der Waals surface area contributed by atoms with Gasteiger partial charge in [-0.25, -0.2) is 4.98 Å². The molecule has 0 saturated heterocycles. The molecule has 0 bridgehead atoms. The second-order valence-electron chi connectivity index (χ2n) is 2.75. The second-order valence-corrected chi connectivity index (χ2v) is 3.13. The summed E-state index contributed by atoms with van der Waals surface area (Å²) in [6, 6.07) is 1.89. The maximum atomic E-state index is 5.90. The Bertz CT molecular complexity index is 258. The third-order valence-corrected chi connectivity index (χ3v) is 1.98. The van der Waals surface area contributed by atoms with E-state index >= 15 is 0 Å². The Morgan fingerprint density at radius 3 is 2.64 bits per heavy atom. The lowest BCUT2D eigenvalue weighted by atomic mass is 10.1. The summed E-state index contributed by atoms with van der Waals surface area (Å²) in [7, 11) is 0. The fourth-order valence-electron chi connectivity index (χ4n) is 0.921. The zero-order chi connectivity index (χ0) is 8.43. The van der Waals surface area contributed by atoms with Crippen LogP contribution in [0.4, 0.5) is 5.82 Å². The van der Waals surface area contributed by atoms with Crippen molar-refractivity contribution in [3.05, 3.63) is 22.8 Å². The van der Waals surface area contributed by atoms with Crippen LogP contribution < -0.4 is 5.73 Å². The van der Waals surface area contributed by atoms with Crippen molar-refractivity contribution in [3.8, 4) is 0 Å². The Hall–Kier alpha value is -0.760. The maximum Gasteiger partial charge on any atom is 0.142 e. The molecule has 0 fully saturated rings. The molecule has 2 nitrogen and oxygen atoms in total. The highest BCUT2D eigenvalue weighted by molar-refractivity contribution is 6.33. The van der Waals surface area contributed by atoms with Crippen LogP contribution in [0.3, 0.4) is 0 Å². The van der Waals surface area contributed by atoms with E-state index in [0.29, 0.717) is 16.8 Å². The fourth-order valence-corrected chi connectivity index (χ4v) is 1.25. The highest BCUT2D eigenvalue weighted by Crippen LogP contribution is 2.26. The van der Waals surface area contributed by atoms with Gasteiger partial charge in [0.1, 0.15) is 5.82 Å². The van der Waals surface area contributed by atoms with Gasteiger partial charge in [-0.05, 0) is 17.5 Å². The van der Waals surface area contributed by atoms with Gasteiger partial charge in [0, 0.05) is 6.20 Å². The van der Waals surface area contributed by atoms with Gasteiger partial charge in [0.05, 0.1) is 5.02 Å². The largest absolute Gasteiger partial charge is 0.382 e. The normalized spacial score (nSPS) is 10.5. The molecule has 3 heteroatoms. The molecular weight excluding hydrogens is 160 g/mol. The molecule has 0 spiro atoms. The summed E-state index contributed by atoms with van der Waals surface area (Å²) in [5, 5.41) is 0.586. The van der Waals surface area contributed by atoms with E-state index in [1.807, 2.05) is 6.07 Å². The molecule has 0 aliphatic carbocycles. The molecule has 0 aliphatic heterocycles. The molecule has 2 N–H and O–H groups in total. The maximum absolute atomic E-state index is 5.90. The Kier molecular flexibility index (Phi) is 2.35. The highest BCUT2D eigenvalue weighted by atomic mass is 35.5. The van der Waals surface area contributed by atoms with E-state index in [2.05, 4.69) is 18.8 Å². The SMILES string of the molecule is CC(C)c1ccnc(N)c1Cl. The van der Waals surface area contributed by atoms with Crippen LogP contribution in [0.1, 0.15) is 25.3 Å². The second kappa shape index (κ2) is 3.09. The van der Waals surface area contributed by atoms with Crippen LogP contribution in [0.25, 0.3) is 0 Å². The summed E-state index contributed by atoms with van der Waals surface area (Å²) < 4.78 is 0. The summed E-state index contributed by atoms with van der Waals surface area (Å²) in [5.41, 5.74) is 6.57. The van der Waals surface area contributed by atoms with Crippen molar-refractivity contribution in [2.45, 2.75) is 19.8 Å². The van der Waals surface area contributed by atoms with Crippen molar-refractivity contribution < 1.29 is 0 Å². The lowest BCUT2D eigenvalue weighted by Gasteiger charge is -2.07. The van der Waals surface area contributed by atoms with E-state index in [9.17, 15) is 0 Å². The number of nitrogens with two attached hydrogens (primary N) is 1. The quantitative estimate of drug-likeness (QED) is 0.703. The van der Waals surface area contributed by atoms with Gasteiger partial charge in [0.25, 0.3) is 0 Å². The van der Waals surface area contributed by atoms with Crippen molar-refractivity contribution in [2.24, 2.45) is 0 Å². The number of rotatable bonds is 1. The minimum Gasteiger partial charge on any atom is -0.382 e. The van der Waals surface area contributed by atoms with E-state index in [1.54, 1.807) is 6.20 Å². The van der Waals surface area contributed by atoms with Crippen LogP contribution >= 0.6 is 11.6 Å². The summed E-state index contributed by atoms with van der Waals surface area (Å²) >= 11 is 5.90. The van der Waals surface area contributed by atoms with Gasteiger partial charge in [-0.15, -0.1) is 0 Å². The van der Waals surface area contributed by atoms with Gasteiger partial charge in [0.15, 0.2) is 0 Å². The van der Waals surface area contributed by atoms with E-state index in [1.165, 1.54) is 0 Å². The van der Waals surface area contributed by atoms with E-state index in [0.717, 1.165) is 5.56 Å². The smallest absolute Gasteiger partial charge is 0.142 e. The highest BCUT2D eigenvalue weighted by Gasteiger charge is 2.06.